The zero-order valence-corrected chi connectivity index (χ0v) is 10.0. The third kappa shape index (κ3) is 3.86. The third-order valence-corrected chi connectivity index (χ3v) is 3.15. The van der Waals surface area contributed by atoms with E-state index in [1.807, 2.05) is 30.3 Å². The van der Waals surface area contributed by atoms with E-state index in [0.717, 1.165) is 31.7 Å². The van der Waals surface area contributed by atoms with Gasteiger partial charge >= 0.3 is 0 Å². The Labute approximate surface area is 102 Å². The van der Waals surface area contributed by atoms with E-state index in [2.05, 4.69) is 5.32 Å². The van der Waals surface area contributed by atoms with Crippen LogP contribution < -0.4 is 10.1 Å². The first kappa shape index (κ1) is 12.1. The zero-order valence-electron chi connectivity index (χ0n) is 10.0. The van der Waals surface area contributed by atoms with Crippen LogP contribution in [0.1, 0.15) is 19.3 Å². The van der Waals surface area contributed by atoms with Gasteiger partial charge in [-0.1, -0.05) is 18.2 Å². The SMILES string of the molecule is O=C(CCOc1ccccc1)C1CCNCC1. The molecule has 17 heavy (non-hydrogen) atoms. The number of hydrogen-bond donors (Lipinski definition) is 1. The maximum Gasteiger partial charge on any atom is 0.139 e. The Hall–Kier alpha value is -1.35. The Morgan fingerprint density at radius 3 is 2.65 bits per heavy atom. The summed E-state index contributed by atoms with van der Waals surface area (Å²) in [5.74, 6) is 1.43. The fourth-order valence-corrected chi connectivity index (χ4v) is 2.13. The molecular formula is C14H19NO2. The highest BCUT2D eigenvalue weighted by atomic mass is 16.5. The van der Waals surface area contributed by atoms with Gasteiger partial charge in [-0.3, -0.25) is 4.79 Å². The summed E-state index contributed by atoms with van der Waals surface area (Å²) in [5.41, 5.74) is 0. The molecule has 2 rings (SSSR count). The summed E-state index contributed by atoms with van der Waals surface area (Å²) in [5, 5.41) is 3.27. The van der Waals surface area contributed by atoms with Gasteiger partial charge in [0.25, 0.3) is 0 Å². The fraction of sp³-hybridized carbons (Fsp3) is 0.500. The van der Waals surface area contributed by atoms with Crippen LogP contribution >= 0.6 is 0 Å². The second-order valence-corrected chi connectivity index (χ2v) is 4.40. The molecule has 0 spiro atoms. The van der Waals surface area contributed by atoms with Gasteiger partial charge in [-0.05, 0) is 38.1 Å². The van der Waals surface area contributed by atoms with Gasteiger partial charge in [0.2, 0.25) is 0 Å². The first-order chi connectivity index (χ1) is 8.36. The summed E-state index contributed by atoms with van der Waals surface area (Å²) in [7, 11) is 0. The lowest BCUT2D eigenvalue weighted by atomic mass is 9.92. The lowest BCUT2D eigenvalue weighted by molar-refractivity contribution is -0.124. The summed E-state index contributed by atoms with van der Waals surface area (Å²) < 4.78 is 5.53. The van der Waals surface area contributed by atoms with Crippen LogP contribution in [0.2, 0.25) is 0 Å². The Morgan fingerprint density at radius 1 is 1.24 bits per heavy atom. The van der Waals surface area contributed by atoms with Crippen LogP contribution in [0.5, 0.6) is 5.75 Å². The normalized spacial score (nSPS) is 16.7. The van der Waals surface area contributed by atoms with Crippen molar-refractivity contribution in [1.29, 1.82) is 0 Å². The average Bonchev–Trinajstić information content (AvgIpc) is 2.41. The summed E-state index contributed by atoms with van der Waals surface area (Å²) in [4.78, 5) is 11.9. The number of piperidine rings is 1. The molecule has 1 heterocycles. The molecule has 0 amide bonds. The number of ketones is 1. The van der Waals surface area contributed by atoms with E-state index in [4.69, 9.17) is 4.74 Å². The van der Waals surface area contributed by atoms with Crippen molar-refractivity contribution < 1.29 is 9.53 Å². The molecule has 3 nitrogen and oxygen atoms in total. The van der Waals surface area contributed by atoms with Crippen LogP contribution in [0.25, 0.3) is 0 Å². The van der Waals surface area contributed by atoms with Crippen LogP contribution in [0.15, 0.2) is 30.3 Å². The van der Waals surface area contributed by atoms with Crippen molar-refractivity contribution in [2.45, 2.75) is 19.3 Å². The molecule has 0 radical (unpaired) electrons. The molecular weight excluding hydrogens is 214 g/mol. The van der Waals surface area contributed by atoms with Gasteiger partial charge in [-0.2, -0.15) is 0 Å². The summed E-state index contributed by atoms with van der Waals surface area (Å²) in [6, 6.07) is 9.64. The van der Waals surface area contributed by atoms with Crippen molar-refractivity contribution in [3.8, 4) is 5.75 Å². The Kier molecular flexibility index (Phi) is 4.56. The number of nitrogens with one attached hydrogen (secondary N) is 1. The van der Waals surface area contributed by atoms with E-state index in [9.17, 15) is 4.79 Å². The van der Waals surface area contributed by atoms with Gasteiger partial charge in [0, 0.05) is 12.3 Å². The number of benzene rings is 1. The molecule has 1 aromatic carbocycles. The molecule has 0 bridgehead atoms. The molecule has 0 unspecified atom stereocenters. The first-order valence-corrected chi connectivity index (χ1v) is 6.27. The highest BCUT2D eigenvalue weighted by Gasteiger charge is 2.20. The van der Waals surface area contributed by atoms with E-state index < -0.39 is 0 Å². The van der Waals surface area contributed by atoms with Crippen molar-refractivity contribution in [3.05, 3.63) is 30.3 Å². The molecule has 3 heteroatoms. The molecule has 0 aliphatic carbocycles. The molecule has 1 aromatic rings. The molecule has 1 aliphatic heterocycles. The first-order valence-electron chi connectivity index (χ1n) is 6.27. The van der Waals surface area contributed by atoms with Gasteiger partial charge in [0.1, 0.15) is 11.5 Å². The predicted octanol–water partition coefficient (Wildman–Crippen LogP) is 2.02. The molecule has 0 saturated carbocycles. The average molecular weight is 233 g/mol. The van der Waals surface area contributed by atoms with Gasteiger partial charge in [-0.25, -0.2) is 0 Å². The standard InChI is InChI=1S/C14H19NO2/c16-14(12-6-9-15-10-7-12)8-11-17-13-4-2-1-3-5-13/h1-5,12,15H,6-11H2. The fourth-order valence-electron chi connectivity index (χ4n) is 2.13. The second kappa shape index (κ2) is 6.40. The minimum absolute atomic E-state index is 0.246. The number of carbonyl (C=O) groups is 1. The number of ether oxygens (including phenoxy) is 1. The van der Waals surface area contributed by atoms with Gasteiger partial charge in [0.15, 0.2) is 0 Å². The van der Waals surface area contributed by atoms with Crippen molar-refractivity contribution >= 4 is 5.78 Å². The van der Waals surface area contributed by atoms with E-state index >= 15 is 0 Å². The lowest BCUT2D eigenvalue weighted by Gasteiger charge is -2.21. The molecule has 1 fully saturated rings. The maximum absolute atomic E-state index is 11.9. The van der Waals surface area contributed by atoms with E-state index in [1.165, 1.54) is 0 Å². The summed E-state index contributed by atoms with van der Waals surface area (Å²) in [6.07, 6.45) is 2.48. The van der Waals surface area contributed by atoms with Crippen LogP contribution in [0.3, 0.4) is 0 Å². The topological polar surface area (TPSA) is 38.3 Å². The Bertz CT molecular complexity index is 344. The number of rotatable bonds is 5. The van der Waals surface area contributed by atoms with Crippen LogP contribution in [-0.2, 0) is 4.79 Å². The van der Waals surface area contributed by atoms with Crippen molar-refractivity contribution in [2.75, 3.05) is 19.7 Å². The van der Waals surface area contributed by atoms with Crippen molar-refractivity contribution in [1.82, 2.24) is 5.32 Å². The van der Waals surface area contributed by atoms with Gasteiger partial charge in [-0.15, -0.1) is 0 Å². The summed E-state index contributed by atoms with van der Waals surface area (Å²) in [6.45, 7) is 2.43. The lowest BCUT2D eigenvalue weighted by Crippen LogP contribution is -2.32. The molecule has 1 N–H and O–H groups in total. The molecule has 0 atom stereocenters. The molecule has 1 aliphatic rings. The molecule has 92 valence electrons. The number of carbonyl (C=O) groups excluding carboxylic acids is 1. The van der Waals surface area contributed by atoms with Gasteiger partial charge in [0.05, 0.1) is 6.61 Å². The maximum atomic E-state index is 11.9. The minimum Gasteiger partial charge on any atom is -0.493 e. The van der Waals surface area contributed by atoms with Gasteiger partial charge < -0.3 is 10.1 Å². The van der Waals surface area contributed by atoms with Crippen LogP contribution in [0.4, 0.5) is 0 Å². The number of hydrogen-bond acceptors (Lipinski definition) is 3. The highest BCUT2D eigenvalue weighted by molar-refractivity contribution is 5.81. The van der Waals surface area contributed by atoms with Crippen molar-refractivity contribution in [3.63, 3.8) is 0 Å². The van der Waals surface area contributed by atoms with E-state index in [-0.39, 0.29) is 5.92 Å². The predicted molar refractivity (Wildman–Crippen MR) is 67.2 cm³/mol. The largest absolute Gasteiger partial charge is 0.493 e. The van der Waals surface area contributed by atoms with Crippen molar-refractivity contribution in [2.24, 2.45) is 5.92 Å². The zero-order chi connectivity index (χ0) is 11.9. The molecule has 1 saturated heterocycles. The van der Waals surface area contributed by atoms with Crippen LogP contribution in [0, 0.1) is 5.92 Å². The number of Topliss-reactive ketones (excluding diaryl/α,β-unsaturated/α-hetero) is 1. The highest BCUT2D eigenvalue weighted by Crippen LogP contribution is 2.15. The Morgan fingerprint density at radius 2 is 1.94 bits per heavy atom. The quantitative estimate of drug-likeness (QED) is 0.845. The second-order valence-electron chi connectivity index (χ2n) is 4.40. The Balaban J connectivity index is 1.69. The number of para-hydroxylation sites is 1. The van der Waals surface area contributed by atoms with E-state index in [1.54, 1.807) is 0 Å². The smallest absolute Gasteiger partial charge is 0.139 e. The summed E-state index contributed by atoms with van der Waals surface area (Å²) >= 11 is 0. The minimum atomic E-state index is 0.246. The van der Waals surface area contributed by atoms with Crippen LogP contribution in [-0.4, -0.2) is 25.5 Å². The van der Waals surface area contributed by atoms with E-state index in [0.29, 0.717) is 18.8 Å². The third-order valence-electron chi connectivity index (χ3n) is 3.15. The monoisotopic (exact) mass is 233 g/mol. The molecule has 0 aromatic heterocycles.